The number of ketones is 1. The first-order valence-corrected chi connectivity index (χ1v) is 7.52. The highest BCUT2D eigenvalue weighted by Crippen LogP contribution is 2.17. The lowest BCUT2D eigenvalue weighted by atomic mass is 10.0. The highest BCUT2D eigenvalue weighted by Gasteiger charge is 2.19. The molecule has 0 spiro atoms. The summed E-state index contributed by atoms with van der Waals surface area (Å²) in [5, 5.41) is 10.5. The van der Waals surface area contributed by atoms with Gasteiger partial charge in [0, 0.05) is 11.6 Å². The molecule has 2 rings (SSSR count). The second kappa shape index (κ2) is 7.57. The summed E-state index contributed by atoms with van der Waals surface area (Å²) in [6, 6.07) is 7.80. The van der Waals surface area contributed by atoms with Crippen LogP contribution >= 0.6 is 0 Å². The smallest absolute Gasteiger partial charge is 0.433 e. The summed E-state index contributed by atoms with van der Waals surface area (Å²) in [6.07, 6.45) is 1.33. The average molecular weight is 343 g/mol. The lowest BCUT2D eigenvalue weighted by molar-refractivity contribution is -0.402. The number of carbonyl (C=O) groups excluding carboxylic acids is 2. The van der Waals surface area contributed by atoms with Gasteiger partial charge in [-0.05, 0) is 50.1 Å². The fourth-order valence-corrected chi connectivity index (χ4v) is 2.08. The molecule has 7 nitrogen and oxygen atoms in total. The van der Waals surface area contributed by atoms with Crippen molar-refractivity contribution in [1.29, 1.82) is 0 Å². The van der Waals surface area contributed by atoms with Gasteiger partial charge in [-0.25, -0.2) is 4.79 Å². The van der Waals surface area contributed by atoms with Crippen LogP contribution in [-0.4, -0.2) is 22.8 Å². The van der Waals surface area contributed by atoms with E-state index in [9.17, 15) is 19.7 Å². The molecule has 0 aliphatic rings. The number of hydrogen-bond donors (Lipinski definition) is 0. The molecule has 0 amide bonds. The number of aryl methyl sites for hydroxylation is 2. The van der Waals surface area contributed by atoms with Gasteiger partial charge in [-0.15, -0.1) is 0 Å². The number of hydrogen-bond acceptors (Lipinski definition) is 6. The van der Waals surface area contributed by atoms with Gasteiger partial charge in [0.1, 0.15) is 10.7 Å². The van der Waals surface area contributed by atoms with Crippen molar-refractivity contribution in [1.82, 2.24) is 0 Å². The molecule has 0 saturated carbocycles. The van der Waals surface area contributed by atoms with E-state index >= 15 is 0 Å². The number of benzene rings is 1. The topological polar surface area (TPSA) is 99.7 Å². The third-order valence-electron chi connectivity index (χ3n) is 3.63. The summed E-state index contributed by atoms with van der Waals surface area (Å²) in [5.74, 6) is -1.34. The first kappa shape index (κ1) is 18.1. The molecule has 7 heteroatoms. The number of furan rings is 1. The first-order chi connectivity index (χ1) is 11.8. The highest BCUT2D eigenvalue weighted by atomic mass is 16.6. The Hall–Kier alpha value is -3.22. The monoisotopic (exact) mass is 343 g/mol. The van der Waals surface area contributed by atoms with Gasteiger partial charge in [0.15, 0.2) is 6.10 Å². The van der Waals surface area contributed by atoms with Crippen molar-refractivity contribution in [3.63, 3.8) is 0 Å². The quantitative estimate of drug-likeness (QED) is 0.261. The Bertz CT molecular complexity index is 849. The molecule has 0 aliphatic carbocycles. The number of rotatable bonds is 6. The molecule has 0 fully saturated rings. The van der Waals surface area contributed by atoms with E-state index in [0.29, 0.717) is 5.56 Å². The number of carbonyl (C=O) groups is 2. The van der Waals surface area contributed by atoms with Gasteiger partial charge in [-0.1, -0.05) is 12.1 Å². The molecule has 130 valence electrons. The molecule has 0 radical (unpaired) electrons. The number of ether oxygens (including phenoxy) is 1. The van der Waals surface area contributed by atoms with Gasteiger partial charge >= 0.3 is 11.9 Å². The maximum absolute atomic E-state index is 12.3. The first-order valence-electron chi connectivity index (χ1n) is 7.52. The van der Waals surface area contributed by atoms with E-state index in [4.69, 9.17) is 9.15 Å². The van der Waals surface area contributed by atoms with Crippen molar-refractivity contribution in [2.75, 3.05) is 0 Å². The predicted octanol–water partition coefficient (Wildman–Crippen LogP) is 3.63. The molecule has 1 heterocycles. The summed E-state index contributed by atoms with van der Waals surface area (Å²) >= 11 is 0. The Labute approximate surface area is 144 Å². The van der Waals surface area contributed by atoms with Gasteiger partial charge in [0.05, 0.1) is 6.07 Å². The molecule has 1 aromatic carbocycles. The molecule has 0 unspecified atom stereocenters. The van der Waals surface area contributed by atoms with Crippen LogP contribution in [0.5, 0.6) is 0 Å². The molecule has 25 heavy (non-hydrogen) atoms. The van der Waals surface area contributed by atoms with E-state index in [1.165, 1.54) is 25.1 Å². The van der Waals surface area contributed by atoms with E-state index in [1.807, 2.05) is 19.9 Å². The molecular weight excluding hydrogens is 326 g/mol. The summed E-state index contributed by atoms with van der Waals surface area (Å²) in [4.78, 5) is 33.9. The Balaban J connectivity index is 1.98. The lowest BCUT2D eigenvalue weighted by Crippen LogP contribution is -2.23. The number of esters is 1. The van der Waals surface area contributed by atoms with E-state index in [-0.39, 0.29) is 11.5 Å². The fraction of sp³-hybridized carbons (Fsp3) is 0.222. The molecule has 1 atom stereocenters. The van der Waals surface area contributed by atoms with Gasteiger partial charge in [-0.2, -0.15) is 0 Å². The van der Waals surface area contributed by atoms with E-state index in [0.717, 1.165) is 17.2 Å². The summed E-state index contributed by atoms with van der Waals surface area (Å²) in [7, 11) is 0. The van der Waals surface area contributed by atoms with Crippen LogP contribution in [0.2, 0.25) is 0 Å². The van der Waals surface area contributed by atoms with Crippen LogP contribution in [0.1, 0.15) is 34.2 Å². The van der Waals surface area contributed by atoms with Gasteiger partial charge < -0.3 is 9.15 Å². The minimum atomic E-state index is -0.954. The molecule has 0 aliphatic heterocycles. The normalized spacial score (nSPS) is 12.1. The summed E-state index contributed by atoms with van der Waals surface area (Å²) in [5.41, 5.74) is 2.51. The molecule has 0 N–H and O–H groups in total. The second-order valence-electron chi connectivity index (χ2n) is 5.51. The van der Waals surface area contributed by atoms with Crippen LogP contribution in [-0.2, 0) is 9.53 Å². The van der Waals surface area contributed by atoms with Crippen LogP contribution < -0.4 is 0 Å². The Morgan fingerprint density at radius 2 is 1.92 bits per heavy atom. The molecule has 2 aromatic rings. The van der Waals surface area contributed by atoms with Crippen molar-refractivity contribution < 1.29 is 23.7 Å². The van der Waals surface area contributed by atoms with Crippen LogP contribution in [0.15, 0.2) is 40.8 Å². The molecular formula is C18H17NO6. The van der Waals surface area contributed by atoms with Gasteiger partial charge in [-0.3, -0.25) is 14.9 Å². The summed E-state index contributed by atoms with van der Waals surface area (Å²) in [6.45, 7) is 5.33. The largest absolute Gasteiger partial charge is 0.451 e. The van der Waals surface area contributed by atoms with Crippen molar-refractivity contribution in [3.8, 4) is 0 Å². The van der Waals surface area contributed by atoms with Crippen molar-refractivity contribution in [3.05, 3.63) is 69.0 Å². The zero-order valence-electron chi connectivity index (χ0n) is 14.0. The third kappa shape index (κ3) is 4.63. The highest BCUT2D eigenvalue weighted by molar-refractivity contribution is 6.01. The second-order valence-corrected chi connectivity index (χ2v) is 5.51. The maximum Gasteiger partial charge on any atom is 0.433 e. The molecule has 0 saturated heterocycles. The zero-order chi connectivity index (χ0) is 18.6. The number of Topliss-reactive ketones (excluding diaryl/α,β-unsaturated/α-hetero) is 1. The SMILES string of the molecule is Cc1ccc(C(=O)[C@H](C)OC(=O)/C=C/c2ccc([N+](=O)[O-])o2)cc1C. The van der Waals surface area contributed by atoms with Gasteiger partial charge in [0.25, 0.3) is 0 Å². The van der Waals surface area contributed by atoms with Crippen LogP contribution in [0, 0.1) is 24.0 Å². The average Bonchev–Trinajstić information content (AvgIpc) is 3.04. The summed E-state index contributed by atoms with van der Waals surface area (Å²) < 4.78 is 9.94. The Morgan fingerprint density at radius 1 is 1.20 bits per heavy atom. The minimum absolute atomic E-state index is 0.136. The van der Waals surface area contributed by atoms with Crippen LogP contribution in [0.25, 0.3) is 6.08 Å². The third-order valence-corrected chi connectivity index (χ3v) is 3.63. The Kier molecular flexibility index (Phi) is 5.49. The van der Waals surface area contributed by atoms with E-state index in [1.54, 1.807) is 12.1 Å². The standard InChI is InChI=1S/C18H17NO6/c1-11-4-5-14(10-12(11)2)18(21)13(3)24-17(20)9-7-15-6-8-16(25-15)19(22)23/h4-10,13H,1-3H3/b9-7+/t13-/m0/s1. The minimum Gasteiger partial charge on any atom is -0.451 e. The fourth-order valence-electron chi connectivity index (χ4n) is 2.08. The van der Waals surface area contributed by atoms with Crippen LogP contribution in [0.4, 0.5) is 5.88 Å². The molecule has 0 bridgehead atoms. The lowest BCUT2D eigenvalue weighted by Gasteiger charge is -2.11. The number of nitrogens with zero attached hydrogens (tertiary/aromatic N) is 1. The maximum atomic E-state index is 12.3. The zero-order valence-corrected chi connectivity index (χ0v) is 14.0. The molecule has 1 aromatic heterocycles. The van der Waals surface area contributed by atoms with Crippen molar-refractivity contribution in [2.24, 2.45) is 0 Å². The number of nitro groups is 1. The van der Waals surface area contributed by atoms with E-state index in [2.05, 4.69) is 0 Å². The Morgan fingerprint density at radius 3 is 2.52 bits per heavy atom. The van der Waals surface area contributed by atoms with Crippen molar-refractivity contribution in [2.45, 2.75) is 26.9 Å². The van der Waals surface area contributed by atoms with Crippen LogP contribution in [0.3, 0.4) is 0 Å². The van der Waals surface area contributed by atoms with Gasteiger partial charge in [0.2, 0.25) is 5.78 Å². The van der Waals surface area contributed by atoms with E-state index < -0.39 is 22.9 Å². The van der Waals surface area contributed by atoms with Crippen molar-refractivity contribution >= 4 is 23.7 Å². The predicted molar refractivity (Wildman–Crippen MR) is 90.2 cm³/mol.